The van der Waals surface area contributed by atoms with Gasteiger partial charge < -0.3 is 4.57 Å². The summed E-state index contributed by atoms with van der Waals surface area (Å²) in [4.78, 5) is 13.3. The summed E-state index contributed by atoms with van der Waals surface area (Å²) < 4.78 is 2.07. The number of rotatable bonds is 3. The molecular formula is C24H29NO. The monoisotopic (exact) mass is 347 g/mol. The summed E-state index contributed by atoms with van der Waals surface area (Å²) in [5.41, 5.74) is 4.57. The van der Waals surface area contributed by atoms with Gasteiger partial charge in [-0.05, 0) is 55.1 Å². The van der Waals surface area contributed by atoms with Crippen LogP contribution in [-0.2, 0) is 7.05 Å². The zero-order valence-electron chi connectivity index (χ0n) is 15.8. The van der Waals surface area contributed by atoms with Gasteiger partial charge in [0.25, 0.3) is 0 Å². The fourth-order valence-corrected chi connectivity index (χ4v) is 4.70. The van der Waals surface area contributed by atoms with E-state index >= 15 is 0 Å². The molecule has 0 spiro atoms. The van der Waals surface area contributed by atoms with Crippen LogP contribution in [0.1, 0.15) is 74.3 Å². The van der Waals surface area contributed by atoms with Crippen molar-refractivity contribution in [3.05, 3.63) is 70.2 Å². The first-order valence-electron chi connectivity index (χ1n) is 10.2. The van der Waals surface area contributed by atoms with Crippen molar-refractivity contribution in [1.29, 1.82) is 0 Å². The van der Waals surface area contributed by atoms with Crippen molar-refractivity contribution in [3.8, 4) is 11.1 Å². The van der Waals surface area contributed by atoms with Gasteiger partial charge >= 0.3 is 0 Å². The van der Waals surface area contributed by atoms with E-state index in [1.807, 2.05) is 19.4 Å². The molecule has 1 aromatic heterocycles. The number of nitrogens with zero attached hydrogens (tertiary/aromatic N) is 1. The zero-order chi connectivity index (χ0) is 17.9. The fourth-order valence-electron chi connectivity index (χ4n) is 4.70. The minimum atomic E-state index is 0.226. The predicted octanol–water partition coefficient (Wildman–Crippen LogP) is 5.92. The van der Waals surface area contributed by atoms with Crippen molar-refractivity contribution in [2.24, 2.45) is 7.05 Å². The molecule has 1 heterocycles. The molecule has 2 aliphatic rings. The lowest BCUT2D eigenvalue weighted by molar-refractivity contribution is 0.443. The van der Waals surface area contributed by atoms with E-state index in [1.165, 1.54) is 37.7 Å². The first-order chi connectivity index (χ1) is 12.7. The standard InChI is InChI=1S/C24H29NO/c1-25-16-22(19-11-6-3-7-12-19)24(26)23(17-25)21-14-8-13-20(15-21)18-9-4-2-5-10-18/h3,6,8,13-19H,2,4-5,7,9-12H2,1H3. The Morgan fingerprint density at radius 1 is 0.962 bits per heavy atom. The van der Waals surface area contributed by atoms with Gasteiger partial charge in [-0.3, -0.25) is 4.79 Å². The summed E-state index contributed by atoms with van der Waals surface area (Å²) >= 11 is 0. The third-order valence-electron chi connectivity index (χ3n) is 6.17. The Bertz CT molecular complexity index is 855. The van der Waals surface area contributed by atoms with Crippen LogP contribution in [0.15, 0.2) is 53.6 Å². The van der Waals surface area contributed by atoms with E-state index in [9.17, 15) is 4.79 Å². The first kappa shape index (κ1) is 17.3. The van der Waals surface area contributed by atoms with Crippen LogP contribution in [0, 0.1) is 0 Å². The quantitative estimate of drug-likeness (QED) is 0.631. The predicted molar refractivity (Wildman–Crippen MR) is 109 cm³/mol. The maximum Gasteiger partial charge on any atom is 0.192 e. The van der Waals surface area contributed by atoms with E-state index in [-0.39, 0.29) is 5.43 Å². The molecule has 0 aliphatic heterocycles. The number of aryl methyl sites for hydroxylation is 1. The molecule has 1 atom stereocenters. The van der Waals surface area contributed by atoms with Gasteiger partial charge in [-0.25, -0.2) is 0 Å². The molecular weight excluding hydrogens is 318 g/mol. The molecule has 2 heteroatoms. The zero-order valence-corrected chi connectivity index (χ0v) is 15.8. The van der Waals surface area contributed by atoms with E-state index < -0.39 is 0 Å². The lowest BCUT2D eigenvalue weighted by Gasteiger charge is -2.23. The third kappa shape index (κ3) is 3.56. The highest BCUT2D eigenvalue weighted by Gasteiger charge is 2.20. The normalized spacial score (nSPS) is 21.0. The summed E-state index contributed by atoms with van der Waals surface area (Å²) in [6.45, 7) is 0. The van der Waals surface area contributed by atoms with Crippen molar-refractivity contribution in [1.82, 2.24) is 4.57 Å². The van der Waals surface area contributed by atoms with E-state index in [1.54, 1.807) is 0 Å². The molecule has 2 aromatic rings. The molecule has 1 aromatic carbocycles. The van der Waals surface area contributed by atoms with Crippen LogP contribution in [0.5, 0.6) is 0 Å². The van der Waals surface area contributed by atoms with Gasteiger partial charge in [0.2, 0.25) is 0 Å². The molecule has 2 aliphatic carbocycles. The highest BCUT2D eigenvalue weighted by Crippen LogP contribution is 2.34. The minimum Gasteiger partial charge on any atom is -0.356 e. The summed E-state index contributed by atoms with van der Waals surface area (Å²) in [5.74, 6) is 1.03. The Kier molecular flexibility index (Phi) is 5.10. The van der Waals surface area contributed by atoms with Crippen LogP contribution >= 0.6 is 0 Å². The molecule has 0 saturated heterocycles. The molecule has 4 rings (SSSR count). The molecule has 1 saturated carbocycles. The average Bonchev–Trinajstić information content (AvgIpc) is 2.71. The molecule has 0 amide bonds. The molecule has 26 heavy (non-hydrogen) atoms. The second-order valence-corrected chi connectivity index (χ2v) is 8.06. The number of aromatic nitrogens is 1. The minimum absolute atomic E-state index is 0.226. The number of pyridine rings is 1. The highest BCUT2D eigenvalue weighted by molar-refractivity contribution is 5.64. The summed E-state index contributed by atoms with van der Waals surface area (Å²) in [7, 11) is 2.04. The topological polar surface area (TPSA) is 22.0 Å². The van der Waals surface area contributed by atoms with Crippen LogP contribution in [0.3, 0.4) is 0 Å². The molecule has 1 unspecified atom stereocenters. The van der Waals surface area contributed by atoms with Crippen molar-refractivity contribution in [2.75, 3.05) is 0 Å². The van der Waals surface area contributed by atoms with E-state index in [0.29, 0.717) is 11.8 Å². The van der Waals surface area contributed by atoms with Gasteiger partial charge in [-0.2, -0.15) is 0 Å². The van der Waals surface area contributed by atoms with Crippen LogP contribution in [0.25, 0.3) is 11.1 Å². The molecule has 0 N–H and O–H groups in total. The first-order valence-corrected chi connectivity index (χ1v) is 10.2. The maximum absolute atomic E-state index is 13.3. The van der Waals surface area contributed by atoms with Crippen molar-refractivity contribution >= 4 is 0 Å². The lowest BCUT2D eigenvalue weighted by Crippen LogP contribution is -2.19. The second kappa shape index (κ2) is 7.65. The van der Waals surface area contributed by atoms with Gasteiger partial charge in [0.15, 0.2) is 5.43 Å². The van der Waals surface area contributed by atoms with Crippen molar-refractivity contribution < 1.29 is 0 Å². The highest BCUT2D eigenvalue weighted by atomic mass is 16.1. The Morgan fingerprint density at radius 3 is 2.58 bits per heavy atom. The Morgan fingerprint density at radius 2 is 1.81 bits per heavy atom. The van der Waals surface area contributed by atoms with Gasteiger partial charge in [0.05, 0.1) is 0 Å². The van der Waals surface area contributed by atoms with Gasteiger partial charge in [0, 0.05) is 30.6 Å². The van der Waals surface area contributed by atoms with Crippen LogP contribution < -0.4 is 5.43 Å². The summed E-state index contributed by atoms with van der Waals surface area (Å²) in [5, 5.41) is 0. The molecule has 0 radical (unpaired) electrons. The summed E-state index contributed by atoms with van der Waals surface area (Å²) in [6, 6.07) is 8.76. The Labute approximate surface area is 156 Å². The van der Waals surface area contributed by atoms with Crippen molar-refractivity contribution in [3.63, 3.8) is 0 Å². The SMILES string of the molecule is Cn1cc(-c2cccc(C3CCCCC3)c2)c(=O)c(C2CC=CCC2)c1. The van der Waals surface area contributed by atoms with Gasteiger partial charge in [0.1, 0.15) is 0 Å². The Balaban J connectivity index is 1.72. The maximum atomic E-state index is 13.3. The molecule has 136 valence electrons. The third-order valence-corrected chi connectivity index (χ3v) is 6.17. The number of hydrogen-bond acceptors (Lipinski definition) is 1. The largest absolute Gasteiger partial charge is 0.356 e. The number of allylic oxidation sites excluding steroid dienone is 2. The number of hydrogen-bond donors (Lipinski definition) is 0. The van der Waals surface area contributed by atoms with E-state index in [0.717, 1.165) is 36.0 Å². The van der Waals surface area contributed by atoms with Crippen LogP contribution in [-0.4, -0.2) is 4.57 Å². The van der Waals surface area contributed by atoms with Crippen LogP contribution in [0.2, 0.25) is 0 Å². The average molecular weight is 348 g/mol. The van der Waals surface area contributed by atoms with E-state index in [2.05, 4.69) is 41.0 Å². The van der Waals surface area contributed by atoms with Gasteiger partial charge in [-0.15, -0.1) is 0 Å². The van der Waals surface area contributed by atoms with Crippen molar-refractivity contribution in [2.45, 2.75) is 63.2 Å². The fraction of sp³-hybridized carbons (Fsp3) is 0.458. The second-order valence-electron chi connectivity index (χ2n) is 8.06. The smallest absolute Gasteiger partial charge is 0.192 e. The lowest BCUT2D eigenvalue weighted by atomic mass is 9.83. The summed E-state index contributed by atoms with van der Waals surface area (Å²) in [6.07, 6.45) is 18.3. The molecule has 0 bridgehead atoms. The molecule has 1 fully saturated rings. The van der Waals surface area contributed by atoms with Gasteiger partial charge in [-0.1, -0.05) is 55.7 Å². The van der Waals surface area contributed by atoms with E-state index in [4.69, 9.17) is 0 Å². The number of benzene rings is 1. The Hall–Kier alpha value is -2.09. The molecule has 2 nitrogen and oxygen atoms in total. The van der Waals surface area contributed by atoms with Crippen LogP contribution in [0.4, 0.5) is 0 Å².